The second-order valence-corrected chi connectivity index (χ2v) is 12.3. The number of hydrogen-bond acceptors (Lipinski definition) is 6. The first-order chi connectivity index (χ1) is 16.7. The number of ether oxygens (including phenoxy) is 2. The third-order valence-electron chi connectivity index (χ3n) is 7.76. The molecule has 0 radical (unpaired) electrons. The second-order valence-electron chi connectivity index (χ2n) is 10.0. The molecular weight excluding hydrogens is 464 g/mol. The molecule has 4 saturated heterocycles. The van der Waals surface area contributed by atoms with Crippen LogP contribution in [-0.2, 0) is 9.53 Å². The molecule has 0 N–H and O–H groups in total. The van der Waals surface area contributed by atoms with E-state index >= 15 is 0 Å². The van der Waals surface area contributed by atoms with Crippen LogP contribution < -0.4 is 4.74 Å². The van der Waals surface area contributed by atoms with E-state index < -0.39 is 0 Å². The van der Waals surface area contributed by atoms with Crippen molar-refractivity contribution in [3.8, 4) is 5.75 Å². The lowest BCUT2D eigenvalue weighted by Crippen LogP contribution is -2.64. The number of thioether (sulfide) groups is 1. The Morgan fingerprint density at radius 3 is 2.76 bits per heavy atom. The number of benzene rings is 1. The number of rotatable bonds is 10. The summed E-state index contributed by atoms with van der Waals surface area (Å²) in [6.07, 6.45) is 4.02. The number of quaternary nitrogens is 1. The maximum Gasteiger partial charge on any atom is 0.307 e. The normalized spacial score (nSPS) is 29.1. The molecule has 4 aliphatic heterocycles. The predicted molar refractivity (Wildman–Crippen MR) is 139 cm³/mol. The summed E-state index contributed by atoms with van der Waals surface area (Å²) in [5.74, 6) is 2.63. The average Bonchev–Trinajstić information content (AvgIpc) is 3.42. The topological polar surface area (TPSA) is 38.8 Å². The highest BCUT2D eigenvalue weighted by Crippen LogP contribution is 2.37. The molecular formula is C27H37N2O3S2+. The number of carbonyl (C=O) groups excluding carboxylic acids is 1. The number of para-hydroxylation sites is 1. The highest BCUT2D eigenvalue weighted by atomic mass is 32.2. The van der Waals surface area contributed by atoms with Gasteiger partial charge in [0.2, 0.25) is 0 Å². The molecule has 2 atom stereocenters. The van der Waals surface area contributed by atoms with E-state index in [1.54, 1.807) is 0 Å². The zero-order chi connectivity index (χ0) is 23.2. The maximum absolute atomic E-state index is 12.8. The van der Waals surface area contributed by atoms with Crippen LogP contribution in [-0.4, -0.2) is 79.6 Å². The molecule has 0 spiro atoms. The van der Waals surface area contributed by atoms with Gasteiger partial charge in [0.1, 0.15) is 12.3 Å². The number of nitrogens with zero attached hydrogens (tertiary/aromatic N) is 2. The quantitative estimate of drug-likeness (QED) is 0.264. The molecule has 0 amide bonds. The Morgan fingerprint density at radius 1 is 1.12 bits per heavy atom. The van der Waals surface area contributed by atoms with Crippen molar-refractivity contribution in [3.05, 3.63) is 52.7 Å². The summed E-state index contributed by atoms with van der Waals surface area (Å²) in [5.41, 5.74) is 0. The van der Waals surface area contributed by atoms with Crippen LogP contribution in [0, 0.1) is 5.92 Å². The third-order valence-corrected chi connectivity index (χ3v) is 10.1. The molecule has 2 aromatic rings. The summed E-state index contributed by atoms with van der Waals surface area (Å²) < 4.78 is 13.1. The van der Waals surface area contributed by atoms with Crippen LogP contribution in [0.5, 0.6) is 5.75 Å². The van der Waals surface area contributed by atoms with Crippen LogP contribution in [0.4, 0.5) is 0 Å². The summed E-state index contributed by atoms with van der Waals surface area (Å²) in [5, 5.41) is 2.70. The van der Waals surface area contributed by atoms with Crippen molar-refractivity contribution in [1.82, 2.24) is 4.90 Å². The van der Waals surface area contributed by atoms with E-state index in [4.69, 9.17) is 9.47 Å². The van der Waals surface area contributed by atoms with Gasteiger partial charge in [0.05, 0.1) is 37.9 Å². The number of carbonyl (C=O) groups is 1. The van der Waals surface area contributed by atoms with Gasteiger partial charge in [-0.1, -0.05) is 24.3 Å². The Balaban J connectivity index is 1.05. The predicted octanol–water partition coefficient (Wildman–Crippen LogP) is 4.85. The van der Waals surface area contributed by atoms with Crippen LogP contribution in [0.3, 0.4) is 0 Å². The van der Waals surface area contributed by atoms with Crippen molar-refractivity contribution < 1.29 is 18.8 Å². The third kappa shape index (κ3) is 6.17. The van der Waals surface area contributed by atoms with Crippen LogP contribution in [0.1, 0.15) is 35.8 Å². The van der Waals surface area contributed by atoms with Gasteiger partial charge in [0, 0.05) is 55.4 Å². The van der Waals surface area contributed by atoms with Crippen molar-refractivity contribution >= 4 is 29.1 Å². The summed E-state index contributed by atoms with van der Waals surface area (Å²) in [7, 11) is 0. The molecule has 184 valence electrons. The molecule has 5 heterocycles. The van der Waals surface area contributed by atoms with E-state index in [0.717, 1.165) is 61.7 Å². The lowest BCUT2D eigenvalue weighted by molar-refractivity contribution is -0.946. The monoisotopic (exact) mass is 501 g/mol. The first-order valence-electron chi connectivity index (χ1n) is 12.8. The van der Waals surface area contributed by atoms with Gasteiger partial charge in [-0.2, -0.15) is 11.8 Å². The van der Waals surface area contributed by atoms with Crippen molar-refractivity contribution in [2.24, 2.45) is 5.92 Å². The molecule has 4 fully saturated rings. The Hall–Kier alpha value is -1.54. The lowest BCUT2D eigenvalue weighted by Gasteiger charge is -2.52. The highest BCUT2D eigenvalue weighted by molar-refractivity contribution is 7.99. The molecule has 0 saturated carbocycles. The minimum Gasteiger partial charge on any atom is -0.493 e. The number of fused-ring (bicyclic) bond motifs is 3. The van der Waals surface area contributed by atoms with Gasteiger partial charge < -0.3 is 18.9 Å². The van der Waals surface area contributed by atoms with Gasteiger partial charge in [-0.15, -0.1) is 11.3 Å². The molecule has 2 bridgehead atoms. The molecule has 6 rings (SSSR count). The maximum atomic E-state index is 12.8. The molecule has 0 aliphatic carbocycles. The Morgan fingerprint density at radius 2 is 1.97 bits per heavy atom. The number of thiophene rings is 1. The molecule has 1 aromatic carbocycles. The summed E-state index contributed by atoms with van der Waals surface area (Å²) >= 11 is 3.89. The lowest BCUT2D eigenvalue weighted by atomic mass is 9.83. The van der Waals surface area contributed by atoms with Crippen LogP contribution in [0.15, 0.2) is 47.8 Å². The first-order valence-corrected chi connectivity index (χ1v) is 14.7. The SMILES string of the molecule is O=C(CCN1CCSC(c2cccs2)C1)O[C@@H]1C[N+]2(CCCOc3ccccc3)CCC1CC2. The number of piperidine rings is 3. The minimum atomic E-state index is -0.00443. The van der Waals surface area contributed by atoms with Gasteiger partial charge in [-0.25, -0.2) is 0 Å². The summed E-state index contributed by atoms with van der Waals surface area (Å²) in [4.78, 5) is 16.7. The molecule has 34 heavy (non-hydrogen) atoms. The van der Waals surface area contributed by atoms with Crippen molar-refractivity contribution in [2.75, 3.05) is 58.2 Å². The van der Waals surface area contributed by atoms with Crippen molar-refractivity contribution in [3.63, 3.8) is 0 Å². The van der Waals surface area contributed by atoms with Crippen molar-refractivity contribution in [2.45, 2.75) is 37.0 Å². The van der Waals surface area contributed by atoms with E-state index in [0.29, 0.717) is 17.6 Å². The van der Waals surface area contributed by atoms with E-state index in [1.165, 1.54) is 30.8 Å². The largest absolute Gasteiger partial charge is 0.493 e. The van der Waals surface area contributed by atoms with E-state index in [2.05, 4.69) is 22.4 Å². The van der Waals surface area contributed by atoms with E-state index in [9.17, 15) is 4.79 Å². The standard InChI is InChI=1S/C27H37N2O3S2/c30-27(9-12-28-13-19-34-26(20-28)25-8-4-18-33-25)32-24-21-29(15-10-22(24)11-16-29)14-5-17-31-23-6-2-1-3-7-23/h1-4,6-8,18,22,24,26H,5,9-17,19-21H2/q+1/t22?,24-,26?,29?/m1/s1. The molecule has 5 nitrogen and oxygen atoms in total. The fourth-order valence-corrected chi connectivity index (χ4v) is 8.08. The number of esters is 1. The van der Waals surface area contributed by atoms with Gasteiger partial charge >= 0.3 is 5.97 Å². The van der Waals surface area contributed by atoms with E-state index in [1.807, 2.05) is 53.4 Å². The van der Waals surface area contributed by atoms with Crippen LogP contribution in [0.2, 0.25) is 0 Å². The van der Waals surface area contributed by atoms with Gasteiger partial charge in [-0.3, -0.25) is 4.79 Å². The van der Waals surface area contributed by atoms with E-state index in [-0.39, 0.29) is 12.1 Å². The summed E-state index contributed by atoms with van der Waals surface area (Å²) in [6, 6.07) is 14.4. The van der Waals surface area contributed by atoms with Gasteiger partial charge in [0.25, 0.3) is 0 Å². The average molecular weight is 502 g/mol. The van der Waals surface area contributed by atoms with Gasteiger partial charge in [0.15, 0.2) is 6.10 Å². The molecule has 1 aromatic heterocycles. The van der Waals surface area contributed by atoms with Crippen molar-refractivity contribution in [1.29, 1.82) is 0 Å². The van der Waals surface area contributed by atoms with Crippen LogP contribution >= 0.6 is 23.1 Å². The summed E-state index contributed by atoms with van der Waals surface area (Å²) in [6.45, 7) is 8.21. The number of hydrogen-bond donors (Lipinski definition) is 0. The second kappa shape index (κ2) is 11.5. The molecule has 4 aliphatic rings. The Kier molecular flexibility index (Phi) is 8.15. The Bertz CT molecular complexity index is 900. The fraction of sp³-hybridized carbons (Fsp3) is 0.593. The first kappa shape index (κ1) is 24.2. The van der Waals surface area contributed by atoms with Crippen LogP contribution in [0.25, 0.3) is 0 Å². The zero-order valence-corrected chi connectivity index (χ0v) is 21.6. The molecule has 7 heteroatoms. The molecule has 1 unspecified atom stereocenters. The highest BCUT2D eigenvalue weighted by Gasteiger charge is 2.47. The smallest absolute Gasteiger partial charge is 0.307 e. The zero-order valence-electron chi connectivity index (χ0n) is 20.0. The minimum absolute atomic E-state index is 0.00443. The van der Waals surface area contributed by atoms with Gasteiger partial charge in [-0.05, 0) is 23.6 Å². The Labute approximate surface area is 212 Å². The fourth-order valence-electron chi connectivity index (χ4n) is 5.81.